The first-order chi connectivity index (χ1) is 12.8. The number of carbonyl (C=O) groups is 1. The molecule has 142 valence electrons. The van der Waals surface area contributed by atoms with Crippen molar-refractivity contribution < 1.29 is 4.79 Å². The lowest BCUT2D eigenvalue weighted by Crippen LogP contribution is -2.27. The summed E-state index contributed by atoms with van der Waals surface area (Å²) in [6, 6.07) is 8.35. The number of aryl methyl sites for hydroxylation is 5. The first-order valence-corrected chi connectivity index (χ1v) is 9.39. The third kappa shape index (κ3) is 4.02. The van der Waals surface area contributed by atoms with Gasteiger partial charge in [0.15, 0.2) is 5.65 Å². The first-order valence-electron chi connectivity index (χ1n) is 9.39. The van der Waals surface area contributed by atoms with Gasteiger partial charge in [0, 0.05) is 37.5 Å². The van der Waals surface area contributed by atoms with Crippen molar-refractivity contribution in [1.29, 1.82) is 0 Å². The average molecular weight is 364 g/mol. The summed E-state index contributed by atoms with van der Waals surface area (Å²) >= 11 is 0. The van der Waals surface area contributed by atoms with Crippen molar-refractivity contribution in [3.05, 3.63) is 63.6 Å². The molecule has 0 radical (unpaired) electrons. The van der Waals surface area contributed by atoms with E-state index in [1.807, 2.05) is 43.3 Å². The van der Waals surface area contributed by atoms with E-state index in [1.165, 1.54) is 16.7 Å². The van der Waals surface area contributed by atoms with Gasteiger partial charge < -0.3 is 4.90 Å². The lowest BCUT2D eigenvalue weighted by atomic mass is 10.0. The molecule has 27 heavy (non-hydrogen) atoms. The number of nitrogens with zero attached hydrogens (tertiary/aromatic N) is 4. The van der Waals surface area contributed by atoms with Crippen LogP contribution in [-0.2, 0) is 17.8 Å². The Morgan fingerprint density at radius 2 is 1.85 bits per heavy atom. The van der Waals surface area contributed by atoms with Gasteiger partial charge in [-0.1, -0.05) is 23.8 Å². The maximum absolute atomic E-state index is 12.7. The summed E-state index contributed by atoms with van der Waals surface area (Å²) in [5.74, 6) is 0.144. The molecule has 0 aliphatic carbocycles. The molecule has 0 bridgehead atoms. The van der Waals surface area contributed by atoms with Gasteiger partial charge in [-0.15, -0.1) is 0 Å². The second-order valence-corrected chi connectivity index (χ2v) is 7.50. The smallest absolute Gasteiger partial charge is 0.222 e. The van der Waals surface area contributed by atoms with Crippen LogP contribution >= 0.6 is 0 Å². The van der Waals surface area contributed by atoms with Crippen LogP contribution in [0.1, 0.15) is 45.8 Å². The largest absolute Gasteiger partial charge is 0.341 e. The van der Waals surface area contributed by atoms with Gasteiger partial charge in [0.2, 0.25) is 5.91 Å². The Morgan fingerprint density at radius 1 is 1.11 bits per heavy atom. The summed E-state index contributed by atoms with van der Waals surface area (Å²) in [7, 11) is 1.87. The number of hydrogen-bond donors (Lipinski definition) is 0. The Bertz CT molecular complexity index is 1000. The Labute approximate surface area is 161 Å². The Hall–Kier alpha value is -2.69. The molecule has 3 rings (SSSR count). The van der Waals surface area contributed by atoms with Crippen LogP contribution in [0.25, 0.3) is 5.65 Å². The molecule has 0 saturated carbocycles. The molecule has 3 aromatic rings. The predicted molar refractivity (Wildman–Crippen MR) is 108 cm³/mol. The van der Waals surface area contributed by atoms with Crippen molar-refractivity contribution in [2.24, 2.45) is 0 Å². The summed E-state index contributed by atoms with van der Waals surface area (Å²) in [6.07, 6.45) is 1.14. The number of amides is 1. The molecule has 2 heterocycles. The van der Waals surface area contributed by atoms with Crippen molar-refractivity contribution in [2.75, 3.05) is 7.05 Å². The van der Waals surface area contributed by atoms with Gasteiger partial charge in [-0.3, -0.25) is 4.79 Å². The van der Waals surface area contributed by atoms with E-state index in [0.29, 0.717) is 19.4 Å². The molecule has 0 spiro atoms. The molecular formula is C22H28N4O. The lowest BCUT2D eigenvalue weighted by Gasteiger charge is -2.19. The predicted octanol–water partition coefficient (Wildman–Crippen LogP) is 3.86. The van der Waals surface area contributed by atoms with Gasteiger partial charge in [-0.25, -0.2) is 9.50 Å². The van der Waals surface area contributed by atoms with Crippen LogP contribution in [0.5, 0.6) is 0 Å². The second-order valence-electron chi connectivity index (χ2n) is 7.50. The van der Waals surface area contributed by atoms with Crippen molar-refractivity contribution in [3.63, 3.8) is 0 Å². The third-order valence-corrected chi connectivity index (χ3v) is 5.21. The SMILES string of the molecule is Cc1ccc(CN(C)C(=O)CCc2c(C)nc3cc(C)nn3c2C)c(C)c1. The average Bonchev–Trinajstić information content (AvgIpc) is 2.97. The molecular weight excluding hydrogens is 336 g/mol. The standard InChI is InChI=1S/C22H28N4O/c1-14-7-8-19(15(2)11-14)13-25(6)22(27)10-9-20-17(4)23-21-12-16(3)24-26(21)18(20)5/h7-8,11-12H,9-10,13H2,1-6H3. The molecule has 2 aromatic heterocycles. The second kappa shape index (κ2) is 7.51. The molecule has 0 atom stereocenters. The minimum absolute atomic E-state index is 0.144. The van der Waals surface area contributed by atoms with Gasteiger partial charge in [-0.05, 0) is 57.7 Å². The number of hydrogen-bond acceptors (Lipinski definition) is 3. The molecule has 0 fully saturated rings. The first kappa shape index (κ1) is 19.1. The summed E-state index contributed by atoms with van der Waals surface area (Å²) in [4.78, 5) is 19.1. The molecule has 1 amide bonds. The van der Waals surface area contributed by atoms with Gasteiger partial charge in [0.1, 0.15) is 0 Å². The zero-order valence-electron chi connectivity index (χ0n) is 17.1. The van der Waals surface area contributed by atoms with E-state index in [1.54, 1.807) is 0 Å². The van der Waals surface area contributed by atoms with Crippen LogP contribution in [-0.4, -0.2) is 32.5 Å². The molecule has 0 unspecified atom stereocenters. The number of aromatic nitrogens is 3. The summed E-state index contributed by atoms with van der Waals surface area (Å²) in [5.41, 5.74) is 8.63. The normalized spacial score (nSPS) is 11.2. The third-order valence-electron chi connectivity index (χ3n) is 5.21. The molecule has 0 N–H and O–H groups in total. The highest BCUT2D eigenvalue weighted by molar-refractivity contribution is 5.76. The molecule has 0 aliphatic rings. The Morgan fingerprint density at radius 3 is 2.56 bits per heavy atom. The van der Waals surface area contributed by atoms with Crippen molar-refractivity contribution in [3.8, 4) is 0 Å². The Kier molecular flexibility index (Phi) is 5.31. The highest BCUT2D eigenvalue weighted by Gasteiger charge is 2.15. The molecule has 0 saturated heterocycles. The molecule has 1 aromatic carbocycles. The van der Waals surface area contributed by atoms with E-state index in [4.69, 9.17) is 0 Å². The summed E-state index contributed by atoms with van der Waals surface area (Å²) in [6.45, 7) is 10.8. The van der Waals surface area contributed by atoms with E-state index in [2.05, 4.69) is 42.1 Å². The van der Waals surface area contributed by atoms with Crippen molar-refractivity contribution in [1.82, 2.24) is 19.5 Å². The summed E-state index contributed by atoms with van der Waals surface area (Å²) < 4.78 is 1.88. The van der Waals surface area contributed by atoms with Crippen molar-refractivity contribution >= 4 is 11.6 Å². The maximum Gasteiger partial charge on any atom is 0.222 e. The highest BCUT2D eigenvalue weighted by Crippen LogP contribution is 2.18. The van der Waals surface area contributed by atoms with Crippen LogP contribution in [0.2, 0.25) is 0 Å². The minimum Gasteiger partial charge on any atom is -0.341 e. The fraction of sp³-hybridized carbons (Fsp3) is 0.409. The monoisotopic (exact) mass is 364 g/mol. The van der Waals surface area contributed by atoms with Crippen molar-refractivity contribution in [2.45, 2.75) is 54.0 Å². The van der Waals surface area contributed by atoms with E-state index >= 15 is 0 Å². The van der Waals surface area contributed by atoms with Crippen LogP contribution in [0, 0.1) is 34.6 Å². The number of carbonyl (C=O) groups excluding carboxylic acids is 1. The zero-order chi connectivity index (χ0) is 19.7. The zero-order valence-corrected chi connectivity index (χ0v) is 17.1. The fourth-order valence-corrected chi connectivity index (χ4v) is 3.59. The van der Waals surface area contributed by atoms with Crippen LogP contribution in [0.4, 0.5) is 0 Å². The fourth-order valence-electron chi connectivity index (χ4n) is 3.59. The highest BCUT2D eigenvalue weighted by atomic mass is 16.2. The van der Waals surface area contributed by atoms with Gasteiger partial charge in [0.05, 0.1) is 5.69 Å². The topological polar surface area (TPSA) is 50.5 Å². The minimum atomic E-state index is 0.144. The van der Waals surface area contributed by atoms with Gasteiger partial charge in [0.25, 0.3) is 0 Å². The summed E-state index contributed by atoms with van der Waals surface area (Å²) in [5, 5.41) is 4.51. The van der Waals surface area contributed by atoms with Crippen LogP contribution < -0.4 is 0 Å². The van der Waals surface area contributed by atoms with Gasteiger partial charge >= 0.3 is 0 Å². The molecule has 5 nitrogen and oxygen atoms in total. The van der Waals surface area contributed by atoms with Gasteiger partial charge in [-0.2, -0.15) is 5.10 Å². The van der Waals surface area contributed by atoms with E-state index in [0.717, 1.165) is 28.3 Å². The quantitative estimate of drug-likeness (QED) is 0.691. The number of benzene rings is 1. The Balaban J connectivity index is 1.70. The van der Waals surface area contributed by atoms with Crippen LogP contribution in [0.15, 0.2) is 24.3 Å². The van der Waals surface area contributed by atoms with E-state index < -0.39 is 0 Å². The molecule has 5 heteroatoms. The number of fused-ring (bicyclic) bond motifs is 1. The molecule has 0 aliphatic heterocycles. The maximum atomic E-state index is 12.7. The van der Waals surface area contributed by atoms with Crippen LogP contribution in [0.3, 0.4) is 0 Å². The van der Waals surface area contributed by atoms with E-state index in [-0.39, 0.29) is 5.91 Å². The van der Waals surface area contributed by atoms with E-state index in [9.17, 15) is 4.79 Å². The lowest BCUT2D eigenvalue weighted by molar-refractivity contribution is -0.130. The number of rotatable bonds is 5.